The molecule has 0 aliphatic heterocycles. The van der Waals surface area contributed by atoms with Crippen LogP contribution in [-0.2, 0) is 6.42 Å². The van der Waals surface area contributed by atoms with Gasteiger partial charge in [-0.1, -0.05) is 30.7 Å². The van der Waals surface area contributed by atoms with Crippen molar-refractivity contribution in [3.05, 3.63) is 70.2 Å². The first-order chi connectivity index (χ1) is 11.7. The molecule has 132 valence electrons. The number of rotatable bonds is 3. The largest absolute Gasteiger partial charge is 0.272 e. The lowest BCUT2D eigenvalue weighted by molar-refractivity contribution is 0.0358. The molecule has 0 aliphatic rings. The van der Waals surface area contributed by atoms with Crippen molar-refractivity contribution in [3.63, 3.8) is 0 Å². The molecule has 1 N–H and O–H groups in total. The standard InChI is InChI=1S/C20H23ClN2O2/c1-5-14-6-8-15(9-7-14)18(24)22-23(20(2,3)4)19(25)16-10-12-17(21)13-11-16/h6-13H,5H2,1-4H3,(H,22,24). The van der Waals surface area contributed by atoms with Crippen LogP contribution in [-0.4, -0.2) is 22.4 Å². The zero-order valence-corrected chi connectivity index (χ0v) is 15.7. The molecule has 0 fully saturated rings. The van der Waals surface area contributed by atoms with Crippen LogP contribution in [0.15, 0.2) is 48.5 Å². The number of carbonyl (C=O) groups is 2. The third kappa shape index (κ3) is 4.83. The molecule has 0 saturated carbocycles. The molecule has 25 heavy (non-hydrogen) atoms. The van der Waals surface area contributed by atoms with Gasteiger partial charge in [-0.25, -0.2) is 5.01 Å². The molecule has 0 heterocycles. The third-order valence-corrected chi connectivity index (χ3v) is 4.05. The molecular weight excluding hydrogens is 336 g/mol. The topological polar surface area (TPSA) is 49.4 Å². The summed E-state index contributed by atoms with van der Waals surface area (Å²) < 4.78 is 0. The van der Waals surface area contributed by atoms with Crippen LogP contribution in [0.4, 0.5) is 0 Å². The Hall–Kier alpha value is -2.33. The van der Waals surface area contributed by atoms with E-state index in [0.29, 0.717) is 16.1 Å². The van der Waals surface area contributed by atoms with Crippen LogP contribution in [0.1, 0.15) is 54.0 Å². The van der Waals surface area contributed by atoms with Gasteiger partial charge in [0.25, 0.3) is 11.8 Å². The second-order valence-corrected chi connectivity index (χ2v) is 7.25. The fourth-order valence-corrected chi connectivity index (χ4v) is 2.43. The Labute approximate surface area is 153 Å². The maximum Gasteiger partial charge on any atom is 0.272 e. The van der Waals surface area contributed by atoms with Crippen molar-refractivity contribution >= 4 is 23.4 Å². The number of hydrazine groups is 1. The number of nitrogens with one attached hydrogen (secondary N) is 1. The Bertz CT molecular complexity index is 747. The van der Waals surface area contributed by atoms with Gasteiger partial charge in [0, 0.05) is 16.1 Å². The Morgan fingerprint density at radius 3 is 1.96 bits per heavy atom. The molecule has 2 amide bonds. The van der Waals surface area contributed by atoms with Gasteiger partial charge in [-0.3, -0.25) is 15.0 Å². The minimum Gasteiger partial charge on any atom is -0.267 e. The van der Waals surface area contributed by atoms with Crippen molar-refractivity contribution < 1.29 is 9.59 Å². The number of nitrogens with zero attached hydrogens (tertiary/aromatic N) is 1. The van der Waals surface area contributed by atoms with E-state index in [1.807, 2.05) is 32.9 Å². The monoisotopic (exact) mass is 358 g/mol. The van der Waals surface area contributed by atoms with Crippen LogP contribution in [0.25, 0.3) is 0 Å². The van der Waals surface area contributed by atoms with Gasteiger partial charge in [0.05, 0.1) is 5.54 Å². The summed E-state index contributed by atoms with van der Waals surface area (Å²) >= 11 is 5.88. The number of hydrogen-bond acceptors (Lipinski definition) is 2. The quantitative estimate of drug-likeness (QED) is 0.822. The summed E-state index contributed by atoms with van der Waals surface area (Å²) in [4.78, 5) is 25.4. The summed E-state index contributed by atoms with van der Waals surface area (Å²) in [6, 6.07) is 14.0. The van der Waals surface area contributed by atoms with Crippen molar-refractivity contribution in [1.82, 2.24) is 10.4 Å². The Morgan fingerprint density at radius 1 is 0.960 bits per heavy atom. The van der Waals surface area contributed by atoms with Gasteiger partial charge in [0.15, 0.2) is 0 Å². The highest BCUT2D eigenvalue weighted by Gasteiger charge is 2.29. The fourth-order valence-electron chi connectivity index (χ4n) is 2.30. The van der Waals surface area contributed by atoms with Crippen LogP contribution in [0.2, 0.25) is 5.02 Å². The number of amides is 2. The normalized spacial score (nSPS) is 11.1. The van der Waals surface area contributed by atoms with E-state index in [4.69, 9.17) is 11.6 Å². The van der Waals surface area contributed by atoms with Crippen LogP contribution >= 0.6 is 11.6 Å². The van der Waals surface area contributed by atoms with Crippen molar-refractivity contribution in [3.8, 4) is 0 Å². The van der Waals surface area contributed by atoms with E-state index >= 15 is 0 Å². The number of aryl methyl sites for hydroxylation is 1. The number of hydrogen-bond donors (Lipinski definition) is 1. The zero-order chi connectivity index (χ0) is 18.6. The maximum absolute atomic E-state index is 12.8. The number of benzene rings is 2. The highest BCUT2D eigenvalue weighted by Crippen LogP contribution is 2.17. The van der Waals surface area contributed by atoms with Crippen LogP contribution < -0.4 is 5.43 Å². The van der Waals surface area contributed by atoms with E-state index in [2.05, 4.69) is 12.3 Å². The number of halogens is 1. The van der Waals surface area contributed by atoms with Gasteiger partial charge in [-0.05, 0) is 69.2 Å². The maximum atomic E-state index is 12.8. The molecule has 0 saturated heterocycles. The molecular formula is C20H23ClN2O2. The molecule has 0 aromatic heterocycles. The van der Waals surface area contributed by atoms with Gasteiger partial charge in [0.2, 0.25) is 0 Å². The van der Waals surface area contributed by atoms with Crippen molar-refractivity contribution in [2.24, 2.45) is 0 Å². The molecule has 2 rings (SSSR count). The summed E-state index contributed by atoms with van der Waals surface area (Å²) in [5, 5.41) is 1.91. The lowest BCUT2D eigenvalue weighted by atomic mass is 10.1. The van der Waals surface area contributed by atoms with Gasteiger partial charge < -0.3 is 0 Å². The molecule has 0 unspecified atom stereocenters. The predicted octanol–water partition coefficient (Wildman–Crippen LogP) is 4.49. The van der Waals surface area contributed by atoms with Crippen molar-refractivity contribution in [1.29, 1.82) is 0 Å². The van der Waals surface area contributed by atoms with E-state index in [0.717, 1.165) is 12.0 Å². The summed E-state index contributed by atoms with van der Waals surface area (Å²) in [5.41, 5.74) is 4.27. The number of carbonyl (C=O) groups excluding carboxylic acids is 2. The minimum absolute atomic E-state index is 0.289. The van der Waals surface area contributed by atoms with Crippen LogP contribution in [0, 0.1) is 0 Å². The molecule has 0 radical (unpaired) electrons. The average molecular weight is 359 g/mol. The van der Waals surface area contributed by atoms with E-state index in [1.165, 1.54) is 5.01 Å². The van der Waals surface area contributed by atoms with E-state index in [9.17, 15) is 9.59 Å². The first-order valence-electron chi connectivity index (χ1n) is 8.22. The second kappa shape index (κ2) is 7.70. The zero-order valence-electron chi connectivity index (χ0n) is 15.0. The third-order valence-electron chi connectivity index (χ3n) is 3.80. The van der Waals surface area contributed by atoms with Gasteiger partial charge >= 0.3 is 0 Å². The molecule has 0 atom stereocenters. The molecule has 2 aromatic carbocycles. The summed E-state index contributed by atoms with van der Waals surface area (Å²) in [5.74, 6) is -0.609. The highest BCUT2D eigenvalue weighted by atomic mass is 35.5. The van der Waals surface area contributed by atoms with E-state index in [1.54, 1.807) is 36.4 Å². The molecule has 2 aromatic rings. The SMILES string of the molecule is CCc1ccc(C(=O)NN(C(=O)c2ccc(Cl)cc2)C(C)(C)C)cc1. The molecule has 0 spiro atoms. The highest BCUT2D eigenvalue weighted by molar-refractivity contribution is 6.30. The Kier molecular flexibility index (Phi) is 5.85. The van der Waals surface area contributed by atoms with Crippen molar-refractivity contribution in [2.45, 2.75) is 39.7 Å². The Morgan fingerprint density at radius 2 is 1.48 bits per heavy atom. The molecule has 4 nitrogen and oxygen atoms in total. The summed E-state index contributed by atoms with van der Waals surface area (Å²) in [7, 11) is 0. The predicted molar refractivity (Wildman–Crippen MR) is 101 cm³/mol. The van der Waals surface area contributed by atoms with Gasteiger partial charge in [0.1, 0.15) is 0 Å². The van der Waals surface area contributed by atoms with Gasteiger partial charge in [-0.15, -0.1) is 0 Å². The molecule has 0 aliphatic carbocycles. The lowest BCUT2D eigenvalue weighted by Gasteiger charge is -2.35. The van der Waals surface area contributed by atoms with Crippen LogP contribution in [0.3, 0.4) is 0 Å². The fraction of sp³-hybridized carbons (Fsp3) is 0.300. The van der Waals surface area contributed by atoms with E-state index < -0.39 is 5.54 Å². The second-order valence-electron chi connectivity index (χ2n) is 6.81. The first kappa shape index (κ1) is 19.0. The average Bonchev–Trinajstić information content (AvgIpc) is 2.58. The Balaban J connectivity index is 2.23. The van der Waals surface area contributed by atoms with E-state index in [-0.39, 0.29) is 11.8 Å². The summed E-state index contributed by atoms with van der Waals surface area (Å²) in [6.07, 6.45) is 0.908. The smallest absolute Gasteiger partial charge is 0.267 e. The summed E-state index contributed by atoms with van der Waals surface area (Å²) in [6.45, 7) is 7.64. The molecule has 0 bridgehead atoms. The minimum atomic E-state index is -0.588. The lowest BCUT2D eigenvalue weighted by Crippen LogP contribution is -2.55. The van der Waals surface area contributed by atoms with Crippen molar-refractivity contribution in [2.75, 3.05) is 0 Å². The van der Waals surface area contributed by atoms with Crippen LogP contribution in [0.5, 0.6) is 0 Å². The molecule has 5 heteroatoms. The first-order valence-corrected chi connectivity index (χ1v) is 8.60. The van der Waals surface area contributed by atoms with Gasteiger partial charge in [-0.2, -0.15) is 0 Å².